The van der Waals surface area contributed by atoms with Crippen molar-refractivity contribution < 1.29 is 9.66 Å². The number of benzene rings is 1. The monoisotopic (exact) mass is 265 g/mol. The van der Waals surface area contributed by atoms with Gasteiger partial charge in [0.25, 0.3) is 0 Å². The summed E-state index contributed by atoms with van der Waals surface area (Å²) >= 11 is 0. The first-order chi connectivity index (χ1) is 9.04. The number of nitrogens with zero attached hydrogens (tertiary/aromatic N) is 1. The van der Waals surface area contributed by atoms with E-state index in [1.807, 2.05) is 0 Å². The molecule has 104 valence electrons. The Morgan fingerprint density at radius 2 is 2.11 bits per heavy atom. The van der Waals surface area contributed by atoms with Gasteiger partial charge in [0.15, 0.2) is 5.75 Å². The number of nitrogens with one attached hydrogen (secondary N) is 2. The van der Waals surface area contributed by atoms with Crippen LogP contribution in [0.3, 0.4) is 0 Å². The van der Waals surface area contributed by atoms with Gasteiger partial charge < -0.3 is 15.4 Å². The summed E-state index contributed by atoms with van der Waals surface area (Å²) in [7, 11) is 1.44. The van der Waals surface area contributed by atoms with Crippen molar-refractivity contribution >= 4 is 11.4 Å². The standard InChI is InChI=1S/C13H19N3O3/c1-13(5-7-14-8-6-13)15-10-3-4-11(16(17)18)12(9-10)19-2/h3-4,9,14-15H,5-8H2,1-2H3. The van der Waals surface area contributed by atoms with E-state index < -0.39 is 4.92 Å². The highest BCUT2D eigenvalue weighted by Crippen LogP contribution is 2.32. The van der Waals surface area contributed by atoms with Gasteiger partial charge in [0.1, 0.15) is 0 Å². The predicted molar refractivity (Wildman–Crippen MR) is 73.8 cm³/mol. The van der Waals surface area contributed by atoms with Crippen molar-refractivity contribution in [3.63, 3.8) is 0 Å². The largest absolute Gasteiger partial charge is 0.490 e. The molecule has 1 fully saturated rings. The fourth-order valence-corrected chi connectivity index (χ4v) is 2.36. The highest BCUT2D eigenvalue weighted by molar-refractivity contribution is 5.58. The Balaban J connectivity index is 2.19. The minimum atomic E-state index is -0.436. The fraction of sp³-hybridized carbons (Fsp3) is 0.538. The lowest BCUT2D eigenvalue weighted by molar-refractivity contribution is -0.385. The third-order valence-corrected chi connectivity index (χ3v) is 3.53. The number of anilines is 1. The van der Waals surface area contributed by atoms with Crippen molar-refractivity contribution in [2.75, 3.05) is 25.5 Å². The molecule has 1 aromatic carbocycles. The quantitative estimate of drug-likeness (QED) is 0.644. The second kappa shape index (κ2) is 5.44. The van der Waals surface area contributed by atoms with Crippen LogP contribution >= 0.6 is 0 Å². The third-order valence-electron chi connectivity index (χ3n) is 3.53. The minimum Gasteiger partial charge on any atom is -0.490 e. The van der Waals surface area contributed by atoms with Crippen LogP contribution in [0.5, 0.6) is 5.75 Å². The Morgan fingerprint density at radius 1 is 1.42 bits per heavy atom. The van der Waals surface area contributed by atoms with Crippen LogP contribution in [0.1, 0.15) is 19.8 Å². The van der Waals surface area contributed by atoms with Gasteiger partial charge in [-0.05, 0) is 38.9 Å². The molecule has 0 amide bonds. The maximum Gasteiger partial charge on any atom is 0.311 e. The first kappa shape index (κ1) is 13.6. The third kappa shape index (κ3) is 3.14. The van der Waals surface area contributed by atoms with Crippen molar-refractivity contribution in [2.45, 2.75) is 25.3 Å². The van der Waals surface area contributed by atoms with Gasteiger partial charge in [-0.15, -0.1) is 0 Å². The van der Waals surface area contributed by atoms with Crippen molar-refractivity contribution in [1.82, 2.24) is 5.32 Å². The molecule has 1 aromatic rings. The van der Waals surface area contributed by atoms with Crippen molar-refractivity contribution in [3.05, 3.63) is 28.3 Å². The summed E-state index contributed by atoms with van der Waals surface area (Å²) in [5.74, 6) is 0.285. The van der Waals surface area contributed by atoms with Gasteiger partial charge in [-0.1, -0.05) is 0 Å². The summed E-state index contributed by atoms with van der Waals surface area (Å²) < 4.78 is 5.08. The fourth-order valence-electron chi connectivity index (χ4n) is 2.36. The number of nitro groups is 1. The molecule has 0 aromatic heterocycles. The number of hydrogen-bond donors (Lipinski definition) is 2. The zero-order chi connectivity index (χ0) is 13.9. The van der Waals surface area contributed by atoms with E-state index in [1.165, 1.54) is 13.2 Å². The number of nitro benzene ring substituents is 1. The number of piperidine rings is 1. The molecular weight excluding hydrogens is 246 g/mol. The summed E-state index contributed by atoms with van der Waals surface area (Å²) in [5, 5.41) is 17.6. The lowest BCUT2D eigenvalue weighted by atomic mass is 9.90. The molecule has 1 saturated heterocycles. The maximum atomic E-state index is 10.8. The zero-order valence-corrected chi connectivity index (χ0v) is 11.2. The minimum absolute atomic E-state index is 0.0106. The molecule has 0 radical (unpaired) electrons. The molecule has 0 atom stereocenters. The van der Waals surface area contributed by atoms with Gasteiger partial charge in [0.2, 0.25) is 0 Å². The molecular formula is C13H19N3O3. The molecule has 1 aliphatic heterocycles. The van der Waals surface area contributed by atoms with E-state index in [2.05, 4.69) is 17.6 Å². The predicted octanol–water partition coefficient (Wildman–Crippen LogP) is 2.16. The van der Waals surface area contributed by atoms with E-state index in [0.717, 1.165) is 31.6 Å². The van der Waals surface area contributed by atoms with Crippen molar-refractivity contribution in [2.24, 2.45) is 0 Å². The van der Waals surface area contributed by atoms with Crippen LogP contribution in [-0.4, -0.2) is 30.7 Å². The first-order valence-corrected chi connectivity index (χ1v) is 6.35. The number of methoxy groups -OCH3 is 1. The van der Waals surface area contributed by atoms with Crippen LogP contribution in [-0.2, 0) is 0 Å². The molecule has 6 heteroatoms. The highest BCUT2D eigenvalue weighted by Gasteiger charge is 2.27. The van der Waals surface area contributed by atoms with E-state index in [0.29, 0.717) is 0 Å². The summed E-state index contributed by atoms with van der Waals surface area (Å²) in [4.78, 5) is 10.4. The average molecular weight is 265 g/mol. The van der Waals surface area contributed by atoms with Crippen LogP contribution in [0.15, 0.2) is 18.2 Å². The van der Waals surface area contributed by atoms with Gasteiger partial charge in [0.05, 0.1) is 12.0 Å². The average Bonchev–Trinajstić information content (AvgIpc) is 2.38. The van der Waals surface area contributed by atoms with Gasteiger partial charge in [-0.25, -0.2) is 0 Å². The molecule has 2 N–H and O–H groups in total. The summed E-state index contributed by atoms with van der Waals surface area (Å²) in [5.41, 5.74) is 0.863. The van der Waals surface area contributed by atoms with Gasteiger partial charge in [-0.3, -0.25) is 10.1 Å². The highest BCUT2D eigenvalue weighted by atomic mass is 16.6. The normalized spacial score (nSPS) is 17.8. The molecule has 1 aliphatic rings. The Labute approximate surface area is 112 Å². The molecule has 0 unspecified atom stereocenters. The van der Waals surface area contributed by atoms with E-state index in [4.69, 9.17) is 4.74 Å². The Kier molecular flexibility index (Phi) is 3.90. The van der Waals surface area contributed by atoms with Crippen molar-refractivity contribution in [1.29, 1.82) is 0 Å². The Hall–Kier alpha value is -1.82. The van der Waals surface area contributed by atoms with Crippen LogP contribution in [0.4, 0.5) is 11.4 Å². The number of hydrogen-bond acceptors (Lipinski definition) is 5. The summed E-state index contributed by atoms with van der Waals surface area (Å²) in [6, 6.07) is 4.89. The second-order valence-electron chi connectivity index (χ2n) is 5.08. The SMILES string of the molecule is COc1cc(NC2(C)CCNCC2)ccc1[N+](=O)[O-]. The molecule has 0 aliphatic carbocycles. The number of rotatable bonds is 4. The first-order valence-electron chi connectivity index (χ1n) is 6.35. The van der Waals surface area contributed by atoms with Gasteiger partial charge in [0, 0.05) is 23.4 Å². The maximum absolute atomic E-state index is 10.8. The lowest BCUT2D eigenvalue weighted by Gasteiger charge is -2.36. The number of ether oxygens (including phenoxy) is 1. The van der Waals surface area contributed by atoms with Crippen LogP contribution < -0.4 is 15.4 Å². The van der Waals surface area contributed by atoms with Crippen molar-refractivity contribution in [3.8, 4) is 5.75 Å². The molecule has 1 heterocycles. The lowest BCUT2D eigenvalue weighted by Crippen LogP contribution is -2.45. The Bertz CT molecular complexity index is 470. The molecule has 0 saturated carbocycles. The van der Waals surface area contributed by atoms with Gasteiger partial charge in [-0.2, -0.15) is 0 Å². The molecule has 0 spiro atoms. The molecule has 0 bridgehead atoms. The topological polar surface area (TPSA) is 76.4 Å². The van der Waals surface area contributed by atoms with E-state index in [-0.39, 0.29) is 17.0 Å². The van der Waals surface area contributed by atoms with E-state index >= 15 is 0 Å². The van der Waals surface area contributed by atoms with Crippen LogP contribution in [0, 0.1) is 10.1 Å². The van der Waals surface area contributed by atoms with E-state index in [9.17, 15) is 10.1 Å². The zero-order valence-electron chi connectivity index (χ0n) is 11.2. The smallest absolute Gasteiger partial charge is 0.311 e. The van der Waals surface area contributed by atoms with E-state index in [1.54, 1.807) is 12.1 Å². The molecule has 6 nitrogen and oxygen atoms in total. The molecule has 2 rings (SSSR count). The Morgan fingerprint density at radius 3 is 2.68 bits per heavy atom. The van der Waals surface area contributed by atoms with Crippen LogP contribution in [0.2, 0.25) is 0 Å². The van der Waals surface area contributed by atoms with Crippen LogP contribution in [0.25, 0.3) is 0 Å². The molecule has 19 heavy (non-hydrogen) atoms. The second-order valence-corrected chi connectivity index (χ2v) is 5.08. The summed E-state index contributed by atoms with van der Waals surface area (Å²) in [6.07, 6.45) is 2.04. The van der Waals surface area contributed by atoms with Gasteiger partial charge >= 0.3 is 5.69 Å². The summed E-state index contributed by atoms with van der Waals surface area (Å²) in [6.45, 7) is 4.13.